The topological polar surface area (TPSA) is 56.2 Å². The third-order valence-electron chi connectivity index (χ3n) is 10.1. The zero-order valence-electron chi connectivity index (χ0n) is 28.7. The molecule has 0 amide bonds. The van der Waals surface area contributed by atoms with Gasteiger partial charge in [0.05, 0.1) is 0 Å². The molecular formula is C38H51F4N3O3. The third-order valence-corrected chi connectivity index (χ3v) is 10.1. The third kappa shape index (κ3) is 10.3. The van der Waals surface area contributed by atoms with Crippen molar-refractivity contribution in [2.75, 3.05) is 52.9 Å². The van der Waals surface area contributed by atoms with Crippen LogP contribution in [0.5, 0.6) is 5.75 Å². The monoisotopic (exact) mass is 673 g/mol. The number of likely N-dealkylation sites (tertiary alicyclic amines) is 2. The van der Waals surface area contributed by atoms with E-state index in [1.54, 1.807) is 36.4 Å². The Morgan fingerprint density at radius 2 is 1.81 bits per heavy atom. The molecule has 48 heavy (non-hydrogen) atoms. The highest BCUT2D eigenvalue weighted by molar-refractivity contribution is 5.74. The molecule has 2 heterocycles. The average Bonchev–Trinajstić information content (AvgIpc) is 3.45. The molecule has 6 nitrogen and oxygen atoms in total. The zero-order valence-corrected chi connectivity index (χ0v) is 28.7. The second-order valence-electron chi connectivity index (χ2n) is 13.6. The summed E-state index contributed by atoms with van der Waals surface area (Å²) in [4.78, 5) is 19.2. The molecule has 0 radical (unpaired) electrons. The van der Waals surface area contributed by atoms with Gasteiger partial charge in [-0.2, -0.15) is 13.2 Å². The highest BCUT2D eigenvalue weighted by Gasteiger charge is 2.42. The molecule has 2 fully saturated rings. The molecule has 2 aromatic carbocycles. The number of carboxylic acid groups (broad SMARTS) is 1. The Morgan fingerprint density at radius 1 is 1.12 bits per heavy atom. The van der Waals surface area contributed by atoms with Gasteiger partial charge in [0.2, 0.25) is 0 Å². The average molecular weight is 674 g/mol. The Labute approximate surface area is 283 Å². The second kappa shape index (κ2) is 16.8. The number of hydrogen-bond acceptors (Lipinski definition) is 5. The van der Waals surface area contributed by atoms with E-state index in [1.165, 1.54) is 11.8 Å². The van der Waals surface area contributed by atoms with E-state index in [0.29, 0.717) is 25.4 Å². The van der Waals surface area contributed by atoms with E-state index in [0.717, 1.165) is 62.1 Å². The molecule has 1 N–H and O–H groups in total. The number of hydrogen-bond donors (Lipinski definition) is 1. The molecule has 10 heteroatoms. The Balaban J connectivity index is 1.40. The number of halogens is 4. The number of rotatable bonds is 15. The summed E-state index contributed by atoms with van der Waals surface area (Å²) < 4.78 is 56.6. The largest absolute Gasteiger partial charge is 0.484 e. The first-order chi connectivity index (χ1) is 22.8. The van der Waals surface area contributed by atoms with Crippen molar-refractivity contribution in [3.05, 3.63) is 89.4 Å². The Hall–Kier alpha value is -3.37. The number of carbonyl (C=O) groups is 1. The number of aliphatic carboxylic acids is 1. The molecule has 4 atom stereocenters. The summed E-state index contributed by atoms with van der Waals surface area (Å²) in [6.45, 7) is 13.9. The second-order valence-corrected chi connectivity index (χ2v) is 13.6. The summed E-state index contributed by atoms with van der Waals surface area (Å²) in [5, 5.41) is 10.1. The van der Waals surface area contributed by atoms with Gasteiger partial charge >= 0.3 is 12.1 Å². The normalized spacial score (nSPS) is 21.2. The number of ether oxygens (including phenoxy) is 1. The molecular weight excluding hydrogens is 622 g/mol. The lowest BCUT2D eigenvalue weighted by atomic mass is 9.86. The van der Waals surface area contributed by atoms with E-state index >= 15 is 0 Å². The molecule has 0 spiro atoms. The molecule has 2 saturated heterocycles. The van der Waals surface area contributed by atoms with Gasteiger partial charge in [-0.1, -0.05) is 51.1 Å². The molecule has 2 unspecified atom stereocenters. The molecule has 2 aliphatic rings. The number of piperidine rings is 1. The summed E-state index contributed by atoms with van der Waals surface area (Å²) in [6, 6.07) is 12.9. The first-order valence-electron chi connectivity index (χ1n) is 17.1. The van der Waals surface area contributed by atoms with Gasteiger partial charge < -0.3 is 19.6 Å². The van der Waals surface area contributed by atoms with Gasteiger partial charge in [0.25, 0.3) is 0 Å². The standard InChI is InChI=1S/C38H51F4N3O3/c1-6-27(4)36(37(46)47)45-23-31(34(24-45)30-9-8-10-32(39)21-30)22-44-17-15-29(16-18-44)35(43(5)7-2)20-26(3)19-28-11-13-33(14-12-28)48-25-38(40,41)42/h8-14,20-21,27,29,31,34,36H,3,6-7,15-19,22-25H2,1-2,4-5H3,(H,46,47)/b35-20-/t27-,31+,34?,36?/m1/s1. The van der Waals surface area contributed by atoms with Gasteiger partial charge in [-0.25, -0.2) is 4.39 Å². The minimum atomic E-state index is -4.38. The van der Waals surface area contributed by atoms with Crippen LogP contribution in [0, 0.1) is 23.6 Å². The van der Waals surface area contributed by atoms with Crippen LogP contribution in [0.15, 0.2) is 72.5 Å². The molecule has 4 rings (SSSR count). The van der Waals surface area contributed by atoms with Crippen LogP contribution >= 0.6 is 0 Å². The zero-order chi connectivity index (χ0) is 35.0. The predicted molar refractivity (Wildman–Crippen MR) is 181 cm³/mol. The summed E-state index contributed by atoms with van der Waals surface area (Å²) in [5.74, 6) is -0.279. The van der Waals surface area contributed by atoms with Crippen molar-refractivity contribution in [3.8, 4) is 5.75 Å². The van der Waals surface area contributed by atoms with Crippen LogP contribution in [-0.4, -0.2) is 90.9 Å². The number of carboxylic acids is 1. The van der Waals surface area contributed by atoms with Crippen LogP contribution in [0.3, 0.4) is 0 Å². The predicted octanol–water partition coefficient (Wildman–Crippen LogP) is 7.63. The fourth-order valence-electron chi connectivity index (χ4n) is 7.27. The SMILES string of the molecule is C=C(/C=C(/C1CCN(C[C@H]2CN(C(C(=O)O)[C@H](C)CC)CC2c2cccc(F)c2)CC1)N(C)CC)Cc1ccc(OCC(F)(F)F)cc1. The van der Waals surface area contributed by atoms with Crippen LogP contribution in [0.25, 0.3) is 0 Å². The molecule has 2 aromatic rings. The van der Waals surface area contributed by atoms with Crippen molar-refractivity contribution in [3.63, 3.8) is 0 Å². The van der Waals surface area contributed by atoms with E-state index in [-0.39, 0.29) is 29.3 Å². The van der Waals surface area contributed by atoms with Crippen molar-refractivity contribution >= 4 is 5.97 Å². The maximum Gasteiger partial charge on any atom is 0.422 e. The summed E-state index contributed by atoms with van der Waals surface area (Å²) in [7, 11) is 2.09. The van der Waals surface area contributed by atoms with Crippen molar-refractivity contribution in [2.45, 2.75) is 64.6 Å². The van der Waals surface area contributed by atoms with Gasteiger partial charge in [-0.3, -0.25) is 9.69 Å². The summed E-state index contributed by atoms with van der Waals surface area (Å²) in [5.41, 5.74) is 4.04. The van der Waals surface area contributed by atoms with Crippen molar-refractivity contribution in [1.82, 2.24) is 14.7 Å². The molecule has 2 aliphatic heterocycles. The quantitative estimate of drug-likeness (QED) is 0.155. The van der Waals surface area contributed by atoms with Gasteiger partial charge in [0.1, 0.15) is 17.6 Å². The maximum atomic E-state index is 14.3. The number of benzene rings is 2. The van der Waals surface area contributed by atoms with Crippen molar-refractivity contribution in [2.24, 2.45) is 17.8 Å². The van der Waals surface area contributed by atoms with E-state index in [2.05, 4.69) is 41.3 Å². The Morgan fingerprint density at radius 3 is 2.40 bits per heavy atom. The van der Waals surface area contributed by atoms with E-state index in [4.69, 9.17) is 4.74 Å². The fraction of sp³-hybridized carbons (Fsp3) is 0.553. The minimum Gasteiger partial charge on any atom is -0.484 e. The van der Waals surface area contributed by atoms with Crippen molar-refractivity contribution < 1.29 is 32.2 Å². The van der Waals surface area contributed by atoms with Crippen LogP contribution < -0.4 is 4.74 Å². The first-order valence-corrected chi connectivity index (χ1v) is 17.1. The molecule has 0 bridgehead atoms. The highest BCUT2D eigenvalue weighted by atomic mass is 19.4. The Bertz CT molecular complexity index is 1390. The molecule has 0 saturated carbocycles. The lowest BCUT2D eigenvalue weighted by Gasteiger charge is -2.38. The van der Waals surface area contributed by atoms with Gasteiger partial charge in [-0.15, -0.1) is 0 Å². The molecule has 0 aliphatic carbocycles. The fourth-order valence-corrected chi connectivity index (χ4v) is 7.27. The Kier molecular flexibility index (Phi) is 13.1. The smallest absolute Gasteiger partial charge is 0.422 e. The number of nitrogens with zero attached hydrogens (tertiary/aromatic N) is 3. The van der Waals surface area contributed by atoms with Gasteiger partial charge in [0.15, 0.2) is 6.61 Å². The van der Waals surface area contributed by atoms with E-state index in [1.807, 2.05) is 19.9 Å². The van der Waals surface area contributed by atoms with E-state index < -0.39 is 24.8 Å². The van der Waals surface area contributed by atoms with Gasteiger partial charge in [0, 0.05) is 50.8 Å². The summed E-state index contributed by atoms with van der Waals surface area (Å²) >= 11 is 0. The molecule has 0 aromatic heterocycles. The molecule has 264 valence electrons. The van der Waals surface area contributed by atoms with Crippen LogP contribution in [0.4, 0.5) is 17.6 Å². The van der Waals surface area contributed by atoms with E-state index in [9.17, 15) is 27.5 Å². The first kappa shape index (κ1) is 37.4. The lowest BCUT2D eigenvalue weighted by molar-refractivity contribution is -0.153. The lowest BCUT2D eigenvalue weighted by Crippen LogP contribution is -2.45. The van der Waals surface area contributed by atoms with Crippen LogP contribution in [-0.2, 0) is 11.2 Å². The number of allylic oxidation sites excluding steroid dienone is 3. The minimum absolute atomic E-state index is 0.0114. The highest BCUT2D eigenvalue weighted by Crippen LogP contribution is 2.37. The van der Waals surface area contributed by atoms with Crippen LogP contribution in [0.2, 0.25) is 0 Å². The summed E-state index contributed by atoms with van der Waals surface area (Å²) in [6.07, 6.45) is 1.08. The van der Waals surface area contributed by atoms with Gasteiger partial charge in [-0.05, 0) is 98.2 Å². The van der Waals surface area contributed by atoms with Crippen molar-refractivity contribution in [1.29, 1.82) is 0 Å². The number of alkyl halides is 3. The maximum absolute atomic E-state index is 14.3. The van der Waals surface area contributed by atoms with Crippen LogP contribution in [0.1, 0.15) is 57.1 Å².